The van der Waals surface area contributed by atoms with Crippen molar-refractivity contribution in [2.45, 2.75) is 12.5 Å². The van der Waals surface area contributed by atoms with Crippen molar-refractivity contribution < 1.29 is 4.79 Å². The largest absolute Gasteiger partial charge is 0.335 e. The third-order valence-electron chi connectivity index (χ3n) is 4.72. The quantitative estimate of drug-likeness (QED) is 0.846. The minimum atomic E-state index is 0.0180. The molecule has 4 heterocycles. The summed E-state index contributed by atoms with van der Waals surface area (Å²) in [5.41, 5.74) is 0.493. The molecule has 0 aromatic carbocycles. The Morgan fingerprint density at radius 3 is 2.75 bits per heavy atom. The van der Waals surface area contributed by atoms with Crippen LogP contribution in [0, 0.1) is 0 Å². The molecular weight excluding hydrogens is 322 g/mol. The van der Waals surface area contributed by atoms with Crippen LogP contribution in [-0.2, 0) is 0 Å². The molecule has 126 valence electrons. The Kier molecular flexibility index (Phi) is 4.53. The van der Waals surface area contributed by atoms with Gasteiger partial charge in [-0.3, -0.25) is 9.69 Å². The van der Waals surface area contributed by atoms with Crippen molar-refractivity contribution in [2.75, 3.05) is 37.7 Å². The molecule has 0 unspecified atom stereocenters. The lowest BCUT2D eigenvalue weighted by atomic mass is 10.2. The van der Waals surface area contributed by atoms with Crippen LogP contribution in [0.4, 0.5) is 0 Å². The Morgan fingerprint density at radius 2 is 2.04 bits per heavy atom. The average molecular weight is 343 g/mol. The van der Waals surface area contributed by atoms with Crippen molar-refractivity contribution in [1.29, 1.82) is 0 Å². The first-order valence-corrected chi connectivity index (χ1v) is 9.55. The second kappa shape index (κ2) is 6.94. The predicted octanol–water partition coefficient (Wildman–Crippen LogP) is 1.53. The number of carbonyl (C=O) groups excluding carboxylic acids is 1. The number of piperazine rings is 1. The molecule has 0 bridgehead atoms. The van der Waals surface area contributed by atoms with Crippen LogP contribution < -0.4 is 0 Å². The first kappa shape index (κ1) is 15.7. The Balaban J connectivity index is 1.42. The Bertz CT molecular complexity index is 691. The zero-order valence-corrected chi connectivity index (χ0v) is 14.4. The molecule has 2 aromatic heterocycles. The molecule has 7 heteroatoms. The van der Waals surface area contributed by atoms with Crippen LogP contribution in [0.3, 0.4) is 0 Å². The number of carbonyl (C=O) groups is 1. The predicted molar refractivity (Wildman–Crippen MR) is 94.6 cm³/mol. The smallest absolute Gasteiger partial charge is 0.272 e. The first-order chi connectivity index (χ1) is 11.8. The van der Waals surface area contributed by atoms with Crippen molar-refractivity contribution in [3.05, 3.63) is 42.4 Å². The second-order valence-corrected chi connectivity index (χ2v) is 7.33. The molecule has 4 rings (SSSR count). The SMILES string of the molecule is O=C(c1cccc(-n2cccn2)n1)N1CCN([C@H]2CCSC2)CC1. The summed E-state index contributed by atoms with van der Waals surface area (Å²) in [5.74, 6) is 3.20. The lowest BCUT2D eigenvalue weighted by molar-refractivity contribution is 0.0583. The van der Waals surface area contributed by atoms with Gasteiger partial charge in [-0.25, -0.2) is 9.67 Å². The molecular formula is C17H21N5OS. The number of rotatable bonds is 3. The molecule has 2 saturated heterocycles. The summed E-state index contributed by atoms with van der Waals surface area (Å²) in [6.07, 6.45) is 4.82. The average Bonchev–Trinajstić information content (AvgIpc) is 3.35. The van der Waals surface area contributed by atoms with Crippen molar-refractivity contribution in [3.8, 4) is 5.82 Å². The Hall–Kier alpha value is -1.86. The van der Waals surface area contributed by atoms with Gasteiger partial charge in [0, 0.05) is 50.4 Å². The summed E-state index contributed by atoms with van der Waals surface area (Å²) in [6.45, 7) is 3.51. The van der Waals surface area contributed by atoms with Crippen LogP contribution in [-0.4, -0.2) is 74.2 Å². The van der Waals surface area contributed by atoms with Crippen LogP contribution in [0.1, 0.15) is 16.9 Å². The molecule has 0 saturated carbocycles. The Labute approximate surface area is 145 Å². The van der Waals surface area contributed by atoms with E-state index in [9.17, 15) is 4.79 Å². The summed E-state index contributed by atoms with van der Waals surface area (Å²) in [7, 11) is 0. The molecule has 2 fully saturated rings. The van der Waals surface area contributed by atoms with Crippen molar-refractivity contribution >= 4 is 17.7 Å². The van der Waals surface area contributed by atoms with E-state index in [1.54, 1.807) is 16.9 Å². The van der Waals surface area contributed by atoms with E-state index in [0.717, 1.165) is 26.2 Å². The number of thioether (sulfide) groups is 1. The highest BCUT2D eigenvalue weighted by atomic mass is 32.2. The summed E-state index contributed by atoms with van der Waals surface area (Å²) < 4.78 is 1.67. The van der Waals surface area contributed by atoms with Gasteiger partial charge >= 0.3 is 0 Å². The van der Waals surface area contributed by atoms with E-state index in [0.29, 0.717) is 17.6 Å². The number of nitrogens with zero attached hydrogens (tertiary/aromatic N) is 5. The van der Waals surface area contributed by atoms with Crippen LogP contribution in [0.15, 0.2) is 36.7 Å². The van der Waals surface area contributed by atoms with Gasteiger partial charge in [0.05, 0.1) is 0 Å². The van der Waals surface area contributed by atoms with Gasteiger partial charge in [0.1, 0.15) is 5.69 Å². The lowest BCUT2D eigenvalue weighted by Crippen LogP contribution is -2.52. The van der Waals surface area contributed by atoms with Gasteiger partial charge in [0.15, 0.2) is 5.82 Å². The standard InChI is InChI=1S/C17H21N5OS/c23-17(15-3-1-4-16(19-15)22-7-2-6-18-22)21-10-8-20(9-11-21)14-5-12-24-13-14/h1-4,6-7,14H,5,8-13H2/t14-/m0/s1. The van der Waals surface area contributed by atoms with Gasteiger partial charge in [0.25, 0.3) is 5.91 Å². The van der Waals surface area contributed by atoms with E-state index in [4.69, 9.17) is 0 Å². The van der Waals surface area contributed by atoms with Gasteiger partial charge in [-0.2, -0.15) is 16.9 Å². The van der Waals surface area contributed by atoms with Crippen LogP contribution >= 0.6 is 11.8 Å². The van der Waals surface area contributed by atoms with E-state index in [1.807, 2.05) is 41.1 Å². The molecule has 1 atom stereocenters. The van der Waals surface area contributed by atoms with Crippen molar-refractivity contribution in [2.24, 2.45) is 0 Å². The first-order valence-electron chi connectivity index (χ1n) is 8.39. The Morgan fingerprint density at radius 1 is 1.17 bits per heavy atom. The highest BCUT2D eigenvalue weighted by Crippen LogP contribution is 2.23. The van der Waals surface area contributed by atoms with E-state index in [2.05, 4.69) is 15.0 Å². The van der Waals surface area contributed by atoms with Gasteiger partial charge < -0.3 is 4.90 Å². The minimum absolute atomic E-state index is 0.0180. The molecule has 2 aliphatic rings. The van der Waals surface area contributed by atoms with Crippen molar-refractivity contribution in [1.82, 2.24) is 24.6 Å². The van der Waals surface area contributed by atoms with Gasteiger partial charge in [-0.05, 0) is 30.4 Å². The van der Waals surface area contributed by atoms with Gasteiger partial charge in [-0.1, -0.05) is 6.07 Å². The summed E-state index contributed by atoms with van der Waals surface area (Å²) in [6, 6.07) is 8.06. The lowest BCUT2D eigenvalue weighted by Gasteiger charge is -2.37. The summed E-state index contributed by atoms with van der Waals surface area (Å²) in [5, 5.41) is 4.17. The number of aromatic nitrogens is 3. The van der Waals surface area contributed by atoms with E-state index in [1.165, 1.54) is 17.9 Å². The normalized spacial score (nSPS) is 22.0. The highest BCUT2D eigenvalue weighted by Gasteiger charge is 2.28. The zero-order chi connectivity index (χ0) is 16.4. The molecule has 2 aliphatic heterocycles. The third kappa shape index (κ3) is 3.18. The van der Waals surface area contributed by atoms with Gasteiger partial charge in [-0.15, -0.1) is 0 Å². The number of hydrogen-bond acceptors (Lipinski definition) is 5. The van der Waals surface area contributed by atoms with Crippen LogP contribution in [0.25, 0.3) is 5.82 Å². The fourth-order valence-electron chi connectivity index (χ4n) is 3.34. The maximum Gasteiger partial charge on any atom is 0.272 e. The molecule has 24 heavy (non-hydrogen) atoms. The molecule has 0 spiro atoms. The van der Waals surface area contributed by atoms with Gasteiger partial charge in [0.2, 0.25) is 0 Å². The second-order valence-electron chi connectivity index (χ2n) is 6.18. The van der Waals surface area contributed by atoms with E-state index in [-0.39, 0.29) is 5.91 Å². The molecule has 2 aromatic rings. The monoisotopic (exact) mass is 343 g/mol. The maximum absolute atomic E-state index is 12.8. The molecule has 0 radical (unpaired) electrons. The van der Waals surface area contributed by atoms with E-state index < -0.39 is 0 Å². The highest BCUT2D eigenvalue weighted by molar-refractivity contribution is 7.99. The maximum atomic E-state index is 12.8. The summed E-state index contributed by atoms with van der Waals surface area (Å²) >= 11 is 2.04. The topological polar surface area (TPSA) is 54.3 Å². The molecule has 6 nitrogen and oxygen atoms in total. The van der Waals surface area contributed by atoms with Crippen LogP contribution in [0.2, 0.25) is 0 Å². The van der Waals surface area contributed by atoms with Crippen molar-refractivity contribution in [3.63, 3.8) is 0 Å². The molecule has 0 N–H and O–H groups in total. The zero-order valence-electron chi connectivity index (χ0n) is 13.5. The van der Waals surface area contributed by atoms with Crippen LogP contribution in [0.5, 0.6) is 0 Å². The minimum Gasteiger partial charge on any atom is -0.335 e. The number of pyridine rings is 1. The third-order valence-corrected chi connectivity index (χ3v) is 5.86. The molecule has 1 amide bonds. The molecule has 0 aliphatic carbocycles. The van der Waals surface area contributed by atoms with E-state index >= 15 is 0 Å². The number of hydrogen-bond donors (Lipinski definition) is 0. The number of amides is 1. The fraction of sp³-hybridized carbons (Fsp3) is 0.471. The summed E-state index contributed by atoms with van der Waals surface area (Å²) in [4.78, 5) is 21.7. The fourth-order valence-corrected chi connectivity index (χ4v) is 4.59.